The molecule has 9 heteroatoms. The first-order valence-corrected chi connectivity index (χ1v) is 10.6. The highest BCUT2D eigenvalue weighted by Gasteiger charge is 2.51. The molecule has 0 aromatic carbocycles. The molecule has 1 aliphatic heterocycles. The zero-order valence-electron chi connectivity index (χ0n) is 14.4. The Balaban J connectivity index is 2.33. The van der Waals surface area contributed by atoms with Crippen LogP contribution in [0.5, 0.6) is 0 Å². The fraction of sp³-hybridized carbons (Fsp3) is 0.667. The van der Waals surface area contributed by atoms with E-state index in [-0.39, 0.29) is 5.04 Å². The quantitative estimate of drug-likeness (QED) is 0.648. The Morgan fingerprint density at radius 1 is 1.38 bits per heavy atom. The average molecular weight is 358 g/mol. The van der Waals surface area contributed by atoms with Gasteiger partial charge in [0.2, 0.25) is 0 Å². The van der Waals surface area contributed by atoms with E-state index in [0.29, 0.717) is 6.29 Å². The Morgan fingerprint density at radius 3 is 2.50 bits per heavy atom. The molecule has 1 aromatic rings. The molecule has 1 aromatic heterocycles. The smallest absolute Gasteiger partial charge is 0.330 e. The van der Waals surface area contributed by atoms with Crippen LogP contribution in [0.2, 0.25) is 18.1 Å². The lowest BCUT2D eigenvalue weighted by molar-refractivity contribution is -0.122. The van der Waals surface area contributed by atoms with Crippen molar-refractivity contribution in [3.63, 3.8) is 0 Å². The van der Waals surface area contributed by atoms with Crippen molar-refractivity contribution in [3.8, 4) is 0 Å². The molecule has 2 rings (SSSR count). The number of H-pyrrole nitrogens is 1. The van der Waals surface area contributed by atoms with E-state index in [4.69, 9.17) is 9.16 Å². The van der Waals surface area contributed by atoms with E-state index in [2.05, 4.69) is 0 Å². The van der Waals surface area contributed by atoms with Crippen molar-refractivity contribution in [2.24, 2.45) is 0 Å². The molecule has 0 saturated carbocycles. The number of aldehydes is 1. The first-order valence-electron chi connectivity index (χ1n) is 7.72. The lowest BCUT2D eigenvalue weighted by Gasteiger charge is -2.39. The molecule has 0 spiro atoms. The third-order valence-corrected chi connectivity index (χ3v) is 9.18. The Morgan fingerprint density at radius 2 is 2.00 bits per heavy atom. The maximum absolute atomic E-state index is 14.9. The van der Waals surface area contributed by atoms with Gasteiger partial charge >= 0.3 is 5.69 Å². The molecule has 2 unspecified atom stereocenters. The fourth-order valence-corrected chi connectivity index (χ4v) is 3.56. The third-order valence-electron chi connectivity index (χ3n) is 4.70. The monoisotopic (exact) mass is 358 g/mol. The van der Waals surface area contributed by atoms with Crippen LogP contribution in [-0.4, -0.2) is 42.5 Å². The summed E-state index contributed by atoms with van der Waals surface area (Å²) >= 11 is 0. The number of carbonyl (C=O) groups is 1. The highest BCUT2D eigenvalue weighted by atomic mass is 28.4. The number of aromatic nitrogens is 2. The second kappa shape index (κ2) is 6.38. The molecule has 0 radical (unpaired) electrons. The van der Waals surface area contributed by atoms with Gasteiger partial charge in [-0.2, -0.15) is 0 Å². The van der Waals surface area contributed by atoms with E-state index >= 15 is 0 Å². The summed E-state index contributed by atoms with van der Waals surface area (Å²) in [6.45, 7) is 9.90. The van der Waals surface area contributed by atoms with Crippen LogP contribution in [-0.2, 0) is 14.0 Å². The molecule has 4 atom stereocenters. The minimum Gasteiger partial charge on any atom is -0.408 e. The molecule has 1 aliphatic rings. The van der Waals surface area contributed by atoms with E-state index in [9.17, 15) is 18.8 Å². The van der Waals surface area contributed by atoms with Crippen molar-refractivity contribution < 1.29 is 18.3 Å². The van der Waals surface area contributed by atoms with E-state index in [1.807, 2.05) is 38.8 Å². The van der Waals surface area contributed by atoms with E-state index < -0.39 is 44.2 Å². The van der Waals surface area contributed by atoms with Crippen molar-refractivity contribution in [1.29, 1.82) is 0 Å². The second-order valence-electron chi connectivity index (χ2n) is 7.43. The van der Waals surface area contributed by atoms with Gasteiger partial charge in [0.1, 0.15) is 12.2 Å². The van der Waals surface area contributed by atoms with Crippen LogP contribution in [0.1, 0.15) is 27.0 Å². The first kappa shape index (κ1) is 18.8. The summed E-state index contributed by atoms with van der Waals surface area (Å²) in [6.07, 6.45) is -3.60. The van der Waals surface area contributed by atoms with E-state index in [1.165, 1.54) is 0 Å². The number of nitrogens with zero attached hydrogens (tertiary/aromatic N) is 1. The van der Waals surface area contributed by atoms with Gasteiger partial charge in [-0.05, 0) is 18.1 Å². The first-order chi connectivity index (χ1) is 11.0. The predicted molar refractivity (Wildman–Crippen MR) is 88.3 cm³/mol. The number of aromatic amines is 1. The van der Waals surface area contributed by atoms with E-state index in [1.54, 1.807) is 0 Å². The number of carbonyl (C=O) groups excluding carboxylic acids is 1. The number of alkyl halides is 1. The van der Waals surface area contributed by atoms with Gasteiger partial charge in [-0.15, -0.1) is 0 Å². The van der Waals surface area contributed by atoms with Crippen LogP contribution in [0.15, 0.2) is 21.9 Å². The van der Waals surface area contributed by atoms with Crippen molar-refractivity contribution >= 4 is 14.6 Å². The predicted octanol–water partition coefficient (Wildman–Crippen LogP) is 1.36. The lowest BCUT2D eigenvalue weighted by Crippen LogP contribution is -2.48. The van der Waals surface area contributed by atoms with Gasteiger partial charge < -0.3 is 14.0 Å². The summed E-state index contributed by atoms with van der Waals surface area (Å²) in [5.41, 5.74) is -1.39. The van der Waals surface area contributed by atoms with Gasteiger partial charge in [-0.25, -0.2) is 9.18 Å². The maximum atomic E-state index is 14.9. The Bertz CT molecular complexity index is 724. The van der Waals surface area contributed by atoms with Crippen molar-refractivity contribution in [2.75, 3.05) is 0 Å². The summed E-state index contributed by atoms with van der Waals surface area (Å²) in [5.74, 6) is 0. The molecule has 0 amide bonds. The molecule has 24 heavy (non-hydrogen) atoms. The highest BCUT2D eigenvalue weighted by molar-refractivity contribution is 6.74. The second-order valence-corrected chi connectivity index (χ2v) is 12.2. The van der Waals surface area contributed by atoms with Crippen LogP contribution in [0, 0.1) is 0 Å². The van der Waals surface area contributed by atoms with E-state index in [0.717, 1.165) is 16.8 Å². The minimum absolute atomic E-state index is 0.174. The number of rotatable bonds is 4. The zero-order chi connectivity index (χ0) is 18.3. The topological polar surface area (TPSA) is 90.4 Å². The minimum atomic E-state index is -2.35. The molecular weight excluding hydrogens is 335 g/mol. The standard InChI is InChI=1S/C15H23FN2O5Si/c1-15(2,3)24(4,5)23-12-9(8-19)22-13(11(12)16)18-7-6-10(20)17-14(18)21/h6-9,11-13H,1-5H3,(H,17,20,21)/t9-,11?,12?,13-/m1/s1. The van der Waals surface area contributed by atoms with Gasteiger partial charge in [-0.3, -0.25) is 14.3 Å². The summed E-state index contributed by atoms with van der Waals surface area (Å²) in [5, 5.41) is -0.174. The Hall–Kier alpha value is -1.58. The molecule has 1 saturated heterocycles. The molecular formula is C15H23FN2O5Si. The van der Waals surface area contributed by atoms with Gasteiger partial charge in [0.25, 0.3) is 5.56 Å². The lowest BCUT2D eigenvalue weighted by atomic mass is 10.1. The maximum Gasteiger partial charge on any atom is 0.330 e. The molecule has 134 valence electrons. The number of nitrogens with one attached hydrogen (secondary N) is 1. The number of ether oxygens (including phenoxy) is 1. The van der Waals surface area contributed by atoms with Gasteiger partial charge in [0.05, 0.1) is 0 Å². The number of halogens is 1. The molecule has 2 heterocycles. The normalized spacial score (nSPS) is 28.1. The van der Waals surface area contributed by atoms with Crippen molar-refractivity contribution in [3.05, 3.63) is 33.1 Å². The molecule has 0 aliphatic carbocycles. The number of hydrogen-bond donors (Lipinski definition) is 1. The molecule has 1 N–H and O–H groups in total. The summed E-state index contributed by atoms with van der Waals surface area (Å²) in [4.78, 5) is 36.4. The van der Waals surface area contributed by atoms with Gasteiger partial charge in [0.15, 0.2) is 27.0 Å². The largest absolute Gasteiger partial charge is 0.408 e. The van der Waals surface area contributed by atoms with Crippen LogP contribution in [0.3, 0.4) is 0 Å². The SMILES string of the molecule is CC(C)(C)[Si](C)(C)OC1C(F)[C@H](n2ccc(=O)[nH]c2=O)O[C@@H]1C=O. The molecule has 0 bridgehead atoms. The number of hydrogen-bond acceptors (Lipinski definition) is 5. The van der Waals surface area contributed by atoms with Crippen LogP contribution in [0.25, 0.3) is 0 Å². The summed E-state index contributed by atoms with van der Waals surface area (Å²) in [7, 11) is -2.35. The summed E-state index contributed by atoms with van der Waals surface area (Å²) in [6, 6.07) is 1.09. The van der Waals surface area contributed by atoms with Crippen LogP contribution >= 0.6 is 0 Å². The third kappa shape index (κ3) is 3.42. The Labute approximate surface area is 139 Å². The highest BCUT2D eigenvalue weighted by Crippen LogP contribution is 2.41. The van der Waals surface area contributed by atoms with Gasteiger partial charge in [0, 0.05) is 12.3 Å². The molecule has 7 nitrogen and oxygen atoms in total. The summed E-state index contributed by atoms with van der Waals surface area (Å²) < 4.78 is 27.3. The molecule has 1 fully saturated rings. The van der Waals surface area contributed by atoms with Crippen LogP contribution < -0.4 is 11.2 Å². The van der Waals surface area contributed by atoms with Crippen molar-refractivity contribution in [1.82, 2.24) is 9.55 Å². The fourth-order valence-electron chi connectivity index (χ4n) is 2.26. The van der Waals surface area contributed by atoms with Crippen molar-refractivity contribution in [2.45, 2.75) is 63.5 Å². The van der Waals surface area contributed by atoms with Gasteiger partial charge in [-0.1, -0.05) is 20.8 Å². The van der Waals surface area contributed by atoms with Crippen LogP contribution in [0.4, 0.5) is 4.39 Å². The zero-order valence-corrected chi connectivity index (χ0v) is 15.4. The Kier molecular flexibility index (Phi) is 4.98. The average Bonchev–Trinajstić information content (AvgIpc) is 2.74.